The maximum Gasteiger partial charge on any atom is 0.249 e. The van der Waals surface area contributed by atoms with Crippen molar-refractivity contribution in [3.05, 3.63) is 58.9 Å². The molecule has 4 nitrogen and oxygen atoms in total. The molecule has 0 saturated heterocycles. The SMILES string of the molecule is CCOCCn1c(=NC(=O)CCSc2ccccc2)sc2cc(C)ccc21. The lowest BCUT2D eigenvalue weighted by atomic mass is 10.2. The lowest BCUT2D eigenvalue weighted by Crippen LogP contribution is -2.19. The Hall–Kier alpha value is -1.89. The molecule has 0 bridgehead atoms. The highest BCUT2D eigenvalue weighted by Gasteiger charge is 2.08. The van der Waals surface area contributed by atoms with E-state index in [2.05, 4.69) is 46.8 Å². The molecule has 1 heterocycles. The van der Waals surface area contributed by atoms with Gasteiger partial charge in [0.1, 0.15) is 0 Å². The number of rotatable bonds is 8. The van der Waals surface area contributed by atoms with Crippen LogP contribution in [0.2, 0.25) is 0 Å². The lowest BCUT2D eigenvalue weighted by molar-refractivity contribution is -0.117. The van der Waals surface area contributed by atoms with Crippen LogP contribution in [0.1, 0.15) is 18.9 Å². The second-order valence-electron chi connectivity index (χ2n) is 6.12. The van der Waals surface area contributed by atoms with Gasteiger partial charge in [-0.15, -0.1) is 11.8 Å². The number of amides is 1. The maximum atomic E-state index is 12.4. The van der Waals surface area contributed by atoms with Crippen molar-refractivity contribution in [3.63, 3.8) is 0 Å². The molecule has 0 radical (unpaired) electrons. The molecule has 142 valence electrons. The molecule has 0 aliphatic rings. The fourth-order valence-corrected chi connectivity index (χ4v) is 4.75. The first-order chi connectivity index (χ1) is 13.2. The Bertz CT molecular complexity index is 961. The van der Waals surface area contributed by atoms with Crippen LogP contribution < -0.4 is 4.80 Å². The number of hydrogen-bond acceptors (Lipinski definition) is 4. The molecular formula is C21H24N2O2S2. The third kappa shape index (κ3) is 5.54. The first kappa shape index (κ1) is 19.9. The van der Waals surface area contributed by atoms with Crippen molar-refractivity contribution in [1.82, 2.24) is 4.57 Å². The van der Waals surface area contributed by atoms with Gasteiger partial charge in [0.15, 0.2) is 4.80 Å². The largest absolute Gasteiger partial charge is 0.380 e. The highest BCUT2D eigenvalue weighted by molar-refractivity contribution is 7.99. The van der Waals surface area contributed by atoms with E-state index in [9.17, 15) is 4.79 Å². The van der Waals surface area contributed by atoms with Gasteiger partial charge in [-0.3, -0.25) is 4.79 Å². The minimum Gasteiger partial charge on any atom is -0.380 e. The molecule has 0 N–H and O–H groups in total. The van der Waals surface area contributed by atoms with Crippen molar-refractivity contribution in [2.45, 2.75) is 31.7 Å². The predicted octanol–water partition coefficient (Wildman–Crippen LogP) is 4.66. The first-order valence-corrected chi connectivity index (χ1v) is 10.9. The van der Waals surface area contributed by atoms with E-state index in [1.165, 1.54) is 10.5 Å². The number of thiazole rings is 1. The fraction of sp³-hybridized carbons (Fsp3) is 0.333. The smallest absolute Gasteiger partial charge is 0.249 e. The van der Waals surface area contributed by atoms with Crippen LogP contribution in [0.25, 0.3) is 10.2 Å². The van der Waals surface area contributed by atoms with Gasteiger partial charge in [-0.05, 0) is 43.7 Å². The summed E-state index contributed by atoms with van der Waals surface area (Å²) in [5.74, 6) is 0.654. The Morgan fingerprint density at radius 3 is 2.81 bits per heavy atom. The number of fused-ring (bicyclic) bond motifs is 1. The van der Waals surface area contributed by atoms with Gasteiger partial charge >= 0.3 is 0 Å². The summed E-state index contributed by atoms with van der Waals surface area (Å²) in [6.07, 6.45) is 0.429. The van der Waals surface area contributed by atoms with E-state index in [4.69, 9.17) is 4.74 Å². The Labute approximate surface area is 167 Å². The number of carbonyl (C=O) groups excluding carboxylic acids is 1. The lowest BCUT2D eigenvalue weighted by Gasteiger charge is -2.05. The molecule has 1 amide bonds. The number of ether oxygens (including phenoxy) is 1. The molecule has 1 aromatic heterocycles. The van der Waals surface area contributed by atoms with Crippen molar-refractivity contribution in [3.8, 4) is 0 Å². The average molecular weight is 401 g/mol. The van der Waals surface area contributed by atoms with Crippen molar-refractivity contribution in [1.29, 1.82) is 0 Å². The summed E-state index contributed by atoms with van der Waals surface area (Å²) >= 11 is 3.25. The zero-order chi connectivity index (χ0) is 19.1. The van der Waals surface area contributed by atoms with Gasteiger partial charge in [0.05, 0.1) is 16.8 Å². The molecule has 6 heteroatoms. The summed E-state index contributed by atoms with van der Waals surface area (Å²) in [4.78, 5) is 18.8. The number of aryl methyl sites for hydroxylation is 1. The molecule has 27 heavy (non-hydrogen) atoms. The van der Waals surface area contributed by atoms with Gasteiger partial charge in [-0.2, -0.15) is 4.99 Å². The molecule has 0 fully saturated rings. The van der Waals surface area contributed by atoms with Crippen LogP contribution in [0.15, 0.2) is 58.4 Å². The zero-order valence-corrected chi connectivity index (χ0v) is 17.3. The topological polar surface area (TPSA) is 43.6 Å². The Morgan fingerprint density at radius 2 is 2.04 bits per heavy atom. The third-order valence-corrected chi connectivity index (χ3v) is 6.10. The zero-order valence-electron chi connectivity index (χ0n) is 15.7. The molecule has 0 aliphatic heterocycles. The monoisotopic (exact) mass is 400 g/mol. The van der Waals surface area contributed by atoms with E-state index in [1.807, 2.05) is 25.1 Å². The van der Waals surface area contributed by atoms with Crippen LogP contribution in [0.5, 0.6) is 0 Å². The molecule has 3 rings (SSSR count). The van der Waals surface area contributed by atoms with Crippen LogP contribution in [-0.4, -0.2) is 29.4 Å². The molecule has 0 spiro atoms. The van der Waals surface area contributed by atoms with Crippen molar-refractivity contribution in [2.24, 2.45) is 4.99 Å². The van der Waals surface area contributed by atoms with Gasteiger partial charge < -0.3 is 9.30 Å². The summed E-state index contributed by atoms with van der Waals surface area (Å²) in [6.45, 7) is 6.05. The summed E-state index contributed by atoms with van der Waals surface area (Å²) in [5.41, 5.74) is 2.31. The quantitative estimate of drug-likeness (QED) is 0.408. The molecule has 3 aromatic rings. The second-order valence-corrected chi connectivity index (χ2v) is 8.30. The highest BCUT2D eigenvalue weighted by atomic mass is 32.2. The summed E-state index contributed by atoms with van der Waals surface area (Å²) in [6, 6.07) is 16.5. The van der Waals surface area contributed by atoms with Crippen molar-refractivity contribution in [2.75, 3.05) is 19.0 Å². The van der Waals surface area contributed by atoms with Crippen LogP contribution >= 0.6 is 23.1 Å². The second kappa shape index (κ2) is 9.88. The van der Waals surface area contributed by atoms with Crippen molar-refractivity contribution >= 4 is 39.2 Å². The predicted molar refractivity (Wildman–Crippen MR) is 113 cm³/mol. The number of benzene rings is 2. The van der Waals surface area contributed by atoms with Crippen LogP contribution in [0, 0.1) is 6.92 Å². The summed E-state index contributed by atoms with van der Waals surface area (Å²) in [7, 11) is 0. The van der Waals surface area contributed by atoms with Crippen LogP contribution in [-0.2, 0) is 16.1 Å². The third-order valence-electron chi connectivity index (χ3n) is 4.05. The van der Waals surface area contributed by atoms with E-state index >= 15 is 0 Å². The number of nitrogens with zero attached hydrogens (tertiary/aromatic N) is 2. The minimum absolute atomic E-state index is 0.0770. The normalized spacial score (nSPS) is 12.0. The number of carbonyl (C=O) groups is 1. The Morgan fingerprint density at radius 1 is 1.22 bits per heavy atom. The van der Waals surface area contributed by atoms with E-state index in [0.29, 0.717) is 26.2 Å². The minimum atomic E-state index is -0.0770. The highest BCUT2D eigenvalue weighted by Crippen LogP contribution is 2.20. The summed E-state index contributed by atoms with van der Waals surface area (Å²) in [5, 5.41) is 0. The van der Waals surface area contributed by atoms with Crippen molar-refractivity contribution < 1.29 is 9.53 Å². The van der Waals surface area contributed by atoms with Gasteiger partial charge in [0.25, 0.3) is 0 Å². The van der Waals surface area contributed by atoms with Gasteiger partial charge in [-0.1, -0.05) is 35.6 Å². The first-order valence-electron chi connectivity index (χ1n) is 9.10. The van der Waals surface area contributed by atoms with Crippen LogP contribution in [0.3, 0.4) is 0 Å². The average Bonchev–Trinajstić information content (AvgIpc) is 2.99. The number of aromatic nitrogens is 1. The van der Waals surface area contributed by atoms with E-state index in [-0.39, 0.29) is 5.91 Å². The Kier molecular flexibility index (Phi) is 7.26. The van der Waals surface area contributed by atoms with E-state index in [1.54, 1.807) is 23.1 Å². The molecular weight excluding hydrogens is 376 g/mol. The molecule has 0 atom stereocenters. The standard InChI is InChI=1S/C21H24N2O2S2/c1-3-25-13-12-23-18-10-9-16(2)15-19(18)27-21(23)22-20(24)11-14-26-17-7-5-4-6-8-17/h4-10,15H,3,11-14H2,1-2H3. The van der Waals surface area contributed by atoms with Gasteiger partial charge in [0, 0.05) is 30.2 Å². The van der Waals surface area contributed by atoms with Gasteiger partial charge in [0.2, 0.25) is 5.91 Å². The van der Waals surface area contributed by atoms with E-state index < -0.39 is 0 Å². The fourth-order valence-electron chi connectivity index (χ4n) is 2.72. The number of thioether (sulfide) groups is 1. The van der Waals surface area contributed by atoms with Gasteiger partial charge in [-0.25, -0.2) is 0 Å². The summed E-state index contributed by atoms with van der Waals surface area (Å²) < 4.78 is 8.75. The van der Waals surface area contributed by atoms with E-state index in [0.717, 1.165) is 20.8 Å². The number of hydrogen-bond donors (Lipinski definition) is 0. The molecule has 0 unspecified atom stereocenters. The van der Waals surface area contributed by atoms with Crippen LogP contribution in [0.4, 0.5) is 0 Å². The molecule has 0 aliphatic carbocycles. The Balaban J connectivity index is 1.76. The maximum absolute atomic E-state index is 12.4. The molecule has 0 saturated carbocycles. The molecule has 2 aromatic carbocycles.